The molecular weight excluding hydrogens is 250 g/mol. The van der Waals surface area contributed by atoms with E-state index in [1.165, 1.54) is 5.56 Å². The van der Waals surface area contributed by atoms with Crippen LogP contribution in [0.15, 0.2) is 41.7 Å². The zero-order valence-corrected chi connectivity index (χ0v) is 12.2. The highest BCUT2D eigenvalue weighted by Gasteiger charge is 2.01. The molecule has 1 aromatic carbocycles. The summed E-state index contributed by atoms with van der Waals surface area (Å²) in [6, 6.07) is 8.21. The largest absolute Gasteiger partial charge is 0.370 e. The fraction of sp³-hybridized carbons (Fsp3) is 0.333. The molecule has 1 heterocycles. The second-order valence-electron chi connectivity index (χ2n) is 5.13. The van der Waals surface area contributed by atoms with Crippen LogP contribution in [0.5, 0.6) is 0 Å². The number of nitrogens with two attached hydrogens (primary N) is 1. The first-order chi connectivity index (χ1) is 9.54. The van der Waals surface area contributed by atoms with Crippen LogP contribution >= 0.6 is 0 Å². The van der Waals surface area contributed by atoms with E-state index in [-0.39, 0.29) is 0 Å². The third kappa shape index (κ3) is 3.85. The minimum absolute atomic E-state index is 0.412. The SMILES string of the molecule is CC(C)c1cccc(NC(N)=NCc2cnn(C)c2)c1. The van der Waals surface area contributed by atoms with Crippen LogP contribution in [-0.2, 0) is 13.6 Å². The van der Waals surface area contributed by atoms with Crippen molar-refractivity contribution in [3.8, 4) is 0 Å². The monoisotopic (exact) mass is 271 g/mol. The second kappa shape index (κ2) is 6.23. The van der Waals surface area contributed by atoms with Crippen molar-refractivity contribution in [2.45, 2.75) is 26.3 Å². The third-order valence-electron chi connectivity index (χ3n) is 3.02. The summed E-state index contributed by atoms with van der Waals surface area (Å²) < 4.78 is 1.75. The van der Waals surface area contributed by atoms with Gasteiger partial charge in [-0.15, -0.1) is 0 Å². The van der Waals surface area contributed by atoms with Gasteiger partial charge in [0.15, 0.2) is 5.96 Å². The maximum absolute atomic E-state index is 5.90. The van der Waals surface area contributed by atoms with Crippen molar-refractivity contribution in [1.29, 1.82) is 0 Å². The lowest BCUT2D eigenvalue weighted by atomic mass is 10.0. The topological polar surface area (TPSA) is 68.2 Å². The van der Waals surface area contributed by atoms with E-state index < -0.39 is 0 Å². The van der Waals surface area contributed by atoms with Crippen LogP contribution in [0.4, 0.5) is 5.69 Å². The molecule has 0 fully saturated rings. The Morgan fingerprint density at radius 2 is 2.25 bits per heavy atom. The standard InChI is InChI=1S/C15H21N5/c1-11(2)13-5-4-6-14(7-13)19-15(16)17-8-12-9-18-20(3)10-12/h4-7,9-11H,8H2,1-3H3,(H3,16,17,19). The summed E-state index contributed by atoms with van der Waals surface area (Å²) in [7, 11) is 1.88. The lowest BCUT2D eigenvalue weighted by Gasteiger charge is -2.09. The third-order valence-corrected chi connectivity index (χ3v) is 3.02. The summed E-state index contributed by atoms with van der Waals surface area (Å²) in [4.78, 5) is 4.31. The summed E-state index contributed by atoms with van der Waals surface area (Å²) in [5, 5.41) is 7.21. The van der Waals surface area contributed by atoms with Gasteiger partial charge in [0.05, 0.1) is 12.7 Å². The average molecular weight is 271 g/mol. The maximum Gasteiger partial charge on any atom is 0.193 e. The zero-order chi connectivity index (χ0) is 14.5. The Kier molecular flexibility index (Phi) is 4.40. The molecule has 0 amide bonds. The van der Waals surface area contributed by atoms with Crippen molar-refractivity contribution < 1.29 is 0 Å². The molecule has 0 aliphatic carbocycles. The van der Waals surface area contributed by atoms with E-state index in [1.807, 2.05) is 25.4 Å². The molecule has 5 nitrogen and oxygen atoms in total. The first-order valence-electron chi connectivity index (χ1n) is 6.69. The van der Waals surface area contributed by atoms with Crippen LogP contribution in [0.25, 0.3) is 0 Å². The van der Waals surface area contributed by atoms with Crippen molar-refractivity contribution in [3.63, 3.8) is 0 Å². The van der Waals surface area contributed by atoms with Gasteiger partial charge in [0, 0.05) is 24.5 Å². The molecule has 5 heteroatoms. The number of aliphatic imine (C=N–C) groups is 1. The van der Waals surface area contributed by atoms with Gasteiger partial charge in [-0.2, -0.15) is 5.10 Å². The lowest BCUT2D eigenvalue weighted by Crippen LogP contribution is -2.22. The maximum atomic E-state index is 5.90. The molecule has 1 aromatic heterocycles. The number of benzene rings is 1. The van der Waals surface area contributed by atoms with E-state index in [0.29, 0.717) is 18.4 Å². The molecule has 0 aliphatic heterocycles. The Balaban J connectivity index is 2.00. The van der Waals surface area contributed by atoms with Gasteiger partial charge in [-0.1, -0.05) is 26.0 Å². The number of rotatable bonds is 4. The second-order valence-corrected chi connectivity index (χ2v) is 5.13. The molecule has 0 radical (unpaired) electrons. The smallest absolute Gasteiger partial charge is 0.193 e. The van der Waals surface area contributed by atoms with Crippen LogP contribution in [0.1, 0.15) is 30.9 Å². The molecule has 3 N–H and O–H groups in total. The van der Waals surface area contributed by atoms with Crippen molar-refractivity contribution in [3.05, 3.63) is 47.8 Å². The van der Waals surface area contributed by atoms with Gasteiger partial charge in [-0.25, -0.2) is 4.99 Å². The van der Waals surface area contributed by atoms with Gasteiger partial charge in [0.25, 0.3) is 0 Å². The summed E-state index contributed by atoms with van der Waals surface area (Å²) in [6.07, 6.45) is 3.71. The van der Waals surface area contributed by atoms with E-state index in [9.17, 15) is 0 Å². The van der Waals surface area contributed by atoms with Gasteiger partial charge >= 0.3 is 0 Å². The Bertz CT molecular complexity index is 598. The number of guanidine groups is 1. The van der Waals surface area contributed by atoms with Gasteiger partial charge in [0.1, 0.15) is 0 Å². The highest BCUT2D eigenvalue weighted by Crippen LogP contribution is 2.18. The lowest BCUT2D eigenvalue weighted by molar-refractivity contribution is 0.767. The van der Waals surface area contributed by atoms with E-state index in [0.717, 1.165) is 11.3 Å². The number of nitrogens with zero attached hydrogens (tertiary/aromatic N) is 3. The van der Waals surface area contributed by atoms with Crippen molar-refractivity contribution in [2.24, 2.45) is 17.8 Å². The molecule has 2 rings (SSSR count). The Morgan fingerprint density at radius 1 is 1.45 bits per heavy atom. The fourth-order valence-corrected chi connectivity index (χ4v) is 1.89. The predicted octanol–water partition coefficient (Wildman–Crippen LogP) is 2.47. The molecule has 2 aromatic rings. The quantitative estimate of drug-likeness (QED) is 0.663. The Labute approximate surface area is 119 Å². The highest BCUT2D eigenvalue weighted by molar-refractivity contribution is 5.92. The van der Waals surface area contributed by atoms with E-state index in [1.54, 1.807) is 10.9 Å². The number of aromatic nitrogens is 2. The summed E-state index contributed by atoms with van der Waals surface area (Å²) in [5.74, 6) is 0.903. The number of anilines is 1. The van der Waals surface area contributed by atoms with Crippen LogP contribution in [0.3, 0.4) is 0 Å². The first-order valence-corrected chi connectivity index (χ1v) is 6.69. The minimum Gasteiger partial charge on any atom is -0.370 e. The van der Waals surface area contributed by atoms with Gasteiger partial charge in [0.2, 0.25) is 0 Å². The highest BCUT2D eigenvalue weighted by atomic mass is 15.2. The summed E-state index contributed by atoms with van der Waals surface area (Å²) >= 11 is 0. The van der Waals surface area contributed by atoms with Crippen LogP contribution in [0.2, 0.25) is 0 Å². The molecule has 0 spiro atoms. The first kappa shape index (κ1) is 14.1. The minimum atomic E-state index is 0.412. The number of hydrogen-bond donors (Lipinski definition) is 2. The molecule has 106 valence electrons. The molecule has 0 atom stereocenters. The number of aryl methyl sites for hydroxylation is 1. The van der Waals surface area contributed by atoms with E-state index in [4.69, 9.17) is 5.73 Å². The fourth-order valence-electron chi connectivity index (χ4n) is 1.89. The van der Waals surface area contributed by atoms with Crippen molar-refractivity contribution >= 4 is 11.6 Å². The number of hydrogen-bond acceptors (Lipinski definition) is 2. The summed E-state index contributed by atoms with van der Waals surface area (Å²) in [5.41, 5.74) is 9.17. The number of nitrogens with one attached hydrogen (secondary N) is 1. The molecule has 0 saturated carbocycles. The predicted molar refractivity (Wildman–Crippen MR) is 82.7 cm³/mol. The molecule has 0 unspecified atom stereocenters. The van der Waals surface area contributed by atoms with Crippen molar-refractivity contribution in [2.75, 3.05) is 5.32 Å². The molecule has 0 aliphatic rings. The van der Waals surface area contributed by atoms with Crippen LogP contribution in [-0.4, -0.2) is 15.7 Å². The Hall–Kier alpha value is -2.30. The van der Waals surface area contributed by atoms with Gasteiger partial charge < -0.3 is 11.1 Å². The molecule has 20 heavy (non-hydrogen) atoms. The zero-order valence-electron chi connectivity index (χ0n) is 12.2. The molecule has 0 bridgehead atoms. The summed E-state index contributed by atoms with van der Waals surface area (Å²) in [6.45, 7) is 4.86. The molecular formula is C15H21N5. The Morgan fingerprint density at radius 3 is 2.90 bits per heavy atom. The van der Waals surface area contributed by atoms with E-state index >= 15 is 0 Å². The average Bonchev–Trinajstić information content (AvgIpc) is 2.82. The van der Waals surface area contributed by atoms with Crippen LogP contribution < -0.4 is 11.1 Å². The van der Waals surface area contributed by atoms with E-state index in [2.05, 4.69) is 41.4 Å². The van der Waals surface area contributed by atoms with Gasteiger partial charge in [-0.05, 0) is 23.6 Å². The molecule has 0 saturated heterocycles. The normalized spacial score (nSPS) is 11.9. The van der Waals surface area contributed by atoms with Gasteiger partial charge in [-0.3, -0.25) is 4.68 Å². The van der Waals surface area contributed by atoms with Crippen LogP contribution in [0, 0.1) is 0 Å². The van der Waals surface area contributed by atoms with Crippen molar-refractivity contribution in [1.82, 2.24) is 9.78 Å².